The molecule has 0 fully saturated rings. The number of nitrogens with zero attached hydrogens (tertiary/aromatic N) is 2. The molecule has 0 saturated carbocycles. The highest BCUT2D eigenvalue weighted by Crippen LogP contribution is 2.22. The third-order valence-corrected chi connectivity index (χ3v) is 4.89. The normalized spacial score (nSPS) is 11.0. The molecule has 0 radical (unpaired) electrons. The first-order valence-corrected chi connectivity index (χ1v) is 9.99. The lowest BCUT2D eigenvalue weighted by atomic mass is 10.1. The molecule has 2 rings (SSSR count). The largest absolute Gasteiger partial charge is 0.356 e. The van der Waals surface area contributed by atoms with Crippen molar-refractivity contribution >= 4 is 35.1 Å². The summed E-state index contributed by atoms with van der Waals surface area (Å²) in [6.07, 6.45) is 0.286. The first-order chi connectivity index (χ1) is 14.3. The van der Waals surface area contributed by atoms with Crippen molar-refractivity contribution in [1.82, 2.24) is 15.5 Å². The number of guanidine groups is 1. The van der Waals surface area contributed by atoms with Gasteiger partial charge in [-0.3, -0.25) is 14.6 Å². The molecule has 0 bridgehead atoms. The second kappa shape index (κ2) is 11.2. The Kier molecular flexibility index (Phi) is 8.68. The quantitative estimate of drug-likeness (QED) is 0.466. The zero-order valence-electron chi connectivity index (χ0n) is 17.8. The van der Waals surface area contributed by atoms with Crippen LogP contribution >= 0.6 is 11.6 Å². The molecule has 0 atom stereocenters. The van der Waals surface area contributed by atoms with E-state index in [2.05, 4.69) is 20.9 Å². The van der Waals surface area contributed by atoms with Crippen LogP contribution < -0.4 is 16.0 Å². The van der Waals surface area contributed by atoms with Gasteiger partial charge in [0.15, 0.2) is 5.96 Å². The topological polar surface area (TPSA) is 85.8 Å². The lowest BCUT2D eigenvalue weighted by molar-refractivity contribution is -0.116. The Morgan fingerprint density at radius 1 is 1.07 bits per heavy atom. The van der Waals surface area contributed by atoms with Crippen molar-refractivity contribution in [2.24, 2.45) is 4.99 Å². The summed E-state index contributed by atoms with van der Waals surface area (Å²) in [7, 11) is 5.12. The minimum absolute atomic E-state index is 0.0294. The second-order valence-corrected chi connectivity index (χ2v) is 7.37. The fourth-order valence-electron chi connectivity index (χ4n) is 2.68. The maximum absolute atomic E-state index is 12.2. The van der Waals surface area contributed by atoms with Gasteiger partial charge in [0.25, 0.3) is 5.91 Å². The van der Waals surface area contributed by atoms with E-state index in [0.717, 1.165) is 11.1 Å². The van der Waals surface area contributed by atoms with Gasteiger partial charge >= 0.3 is 0 Å². The van der Waals surface area contributed by atoms with Gasteiger partial charge in [-0.05, 0) is 42.3 Å². The van der Waals surface area contributed by atoms with Crippen LogP contribution in [0, 0.1) is 6.92 Å². The molecule has 160 valence electrons. The average Bonchev–Trinajstić information content (AvgIpc) is 2.73. The first-order valence-electron chi connectivity index (χ1n) is 9.62. The second-order valence-electron chi connectivity index (χ2n) is 6.96. The number of halogens is 1. The van der Waals surface area contributed by atoms with Crippen molar-refractivity contribution in [3.8, 4) is 0 Å². The Morgan fingerprint density at radius 2 is 1.77 bits per heavy atom. The number of hydrogen-bond donors (Lipinski definition) is 3. The molecule has 0 unspecified atom stereocenters. The summed E-state index contributed by atoms with van der Waals surface area (Å²) in [5.41, 5.74) is 3.22. The Labute approximate surface area is 182 Å². The smallest absolute Gasteiger partial charge is 0.253 e. The molecular weight excluding hydrogens is 402 g/mol. The SMILES string of the molecule is CN=C(NCCC(=O)Nc1cccc(Cl)c1C)NCc1ccc(C(=O)N(C)C)cc1. The third kappa shape index (κ3) is 6.77. The Balaban J connectivity index is 1.77. The van der Waals surface area contributed by atoms with E-state index in [9.17, 15) is 9.59 Å². The number of benzene rings is 2. The average molecular weight is 430 g/mol. The fraction of sp³-hybridized carbons (Fsp3) is 0.318. The Morgan fingerprint density at radius 3 is 2.40 bits per heavy atom. The van der Waals surface area contributed by atoms with Gasteiger partial charge in [0.2, 0.25) is 5.91 Å². The number of carbonyl (C=O) groups excluding carboxylic acids is 2. The van der Waals surface area contributed by atoms with Crippen LogP contribution in [0.3, 0.4) is 0 Å². The number of anilines is 1. The minimum atomic E-state index is -0.107. The minimum Gasteiger partial charge on any atom is -0.356 e. The zero-order chi connectivity index (χ0) is 22.1. The van der Waals surface area contributed by atoms with Gasteiger partial charge in [-0.1, -0.05) is 29.8 Å². The maximum atomic E-state index is 12.2. The molecule has 0 heterocycles. The summed E-state index contributed by atoms with van der Waals surface area (Å²) in [6, 6.07) is 12.8. The van der Waals surface area contributed by atoms with Crippen molar-refractivity contribution in [3.05, 3.63) is 64.2 Å². The van der Waals surface area contributed by atoms with Crippen molar-refractivity contribution in [2.75, 3.05) is 33.0 Å². The van der Waals surface area contributed by atoms with Crippen molar-refractivity contribution < 1.29 is 9.59 Å². The highest BCUT2D eigenvalue weighted by Gasteiger charge is 2.09. The van der Waals surface area contributed by atoms with Crippen molar-refractivity contribution in [3.63, 3.8) is 0 Å². The van der Waals surface area contributed by atoms with Crippen LogP contribution in [0.25, 0.3) is 0 Å². The van der Waals surface area contributed by atoms with Crippen molar-refractivity contribution in [1.29, 1.82) is 0 Å². The molecule has 7 nitrogen and oxygen atoms in total. The van der Waals surface area contributed by atoms with Crippen LogP contribution in [0.5, 0.6) is 0 Å². The number of carbonyl (C=O) groups is 2. The molecule has 0 aliphatic carbocycles. The molecule has 0 spiro atoms. The molecule has 3 N–H and O–H groups in total. The number of nitrogens with one attached hydrogen (secondary N) is 3. The third-order valence-electron chi connectivity index (χ3n) is 4.48. The number of rotatable bonds is 7. The van der Waals surface area contributed by atoms with E-state index in [1.165, 1.54) is 0 Å². The van der Waals surface area contributed by atoms with Gasteiger partial charge in [-0.25, -0.2) is 0 Å². The molecule has 0 aliphatic rings. The summed E-state index contributed by atoms with van der Waals surface area (Å²) in [5.74, 6) is 0.456. The van der Waals surface area contributed by atoms with Crippen LogP contribution in [-0.2, 0) is 11.3 Å². The van der Waals surface area contributed by atoms with E-state index in [0.29, 0.717) is 35.3 Å². The van der Waals surface area contributed by atoms with E-state index >= 15 is 0 Å². The van der Waals surface area contributed by atoms with Crippen LogP contribution in [0.4, 0.5) is 5.69 Å². The first kappa shape index (κ1) is 23.2. The molecule has 2 amide bonds. The highest BCUT2D eigenvalue weighted by atomic mass is 35.5. The van der Waals surface area contributed by atoms with Crippen molar-refractivity contribution in [2.45, 2.75) is 19.9 Å². The predicted molar refractivity (Wildman–Crippen MR) is 122 cm³/mol. The summed E-state index contributed by atoms with van der Waals surface area (Å²) in [4.78, 5) is 29.8. The number of amides is 2. The van der Waals surface area contributed by atoms with Crippen LogP contribution in [-0.4, -0.2) is 50.4 Å². The highest BCUT2D eigenvalue weighted by molar-refractivity contribution is 6.31. The molecule has 2 aromatic rings. The van der Waals surface area contributed by atoms with Crippen LogP contribution in [0.15, 0.2) is 47.5 Å². The van der Waals surface area contributed by atoms with Gasteiger partial charge in [0.1, 0.15) is 0 Å². The van der Waals surface area contributed by atoms with Gasteiger partial charge in [0, 0.05) is 56.9 Å². The zero-order valence-corrected chi connectivity index (χ0v) is 18.5. The van der Waals surface area contributed by atoms with Crippen LogP contribution in [0.1, 0.15) is 27.9 Å². The molecule has 2 aromatic carbocycles. The van der Waals surface area contributed by atoms with Gasteiger partial charge in [0.05, 0.1) is 0 Å². The molecule has 8 heteroatoms. The monoisotopic (exact) mass is 429 g/mol. The molecular formula is C22H28ClN5O2. The standard InChI is InChI=1S/C22H28ClN5O2/c1-15-18(23)6-5-7-19(15)27-20(29)12-13-25-22(24-2)26-14-16-8-10-17(11-9-16)21(30)28(3)4/h5-11H,12-14H2,1-4H3,(H,27,29)(H2,24,25,26). The van der Waals surface area contributed by atoms with E-state index in [-0.39, 0.29) is 18.2 Å². The van der Waals surface area contributed by atoms with E-state index in [1.807, 2.05) is 25.1 Å². The molecule has 0 aromatic heterocycles. The summed E-state index contributed by atoms with van der Waals surface area (Å²) in [5, 5.41) is 9.80. The Hall–Kier alpha value is -3.06. The number of hydrogen-bond acceptors (Lipinski definition) is 3. The van der Waals surface area contributed by atoms with E-state index in [1.54, 1.807) is 50.3 Å². The van der Waals surface area contributed by atoms with Gasteiger partial charge in [-0.2, -0.15) is 0 Å². The summed E-state index contributed by atoms with van der Waals surface area (Å²) in [6.45, 7) is 2.84. The van der Waals surface area contributed by atoms with E-state index in [4.69, 9.17) is 11.6 Å². The summed E-state index contributed by atoms with van der Waals surface area (Å²) < 4.78 is 0. The van der Waals surface area contributed by atoms with E-state index < -0.39 is 0 Å². The van der Waals surface area contributed by atoms with Gasteiger partial charge < -0.3 is 20.9 Å². The summed E-state index contributed by atoms with van der Waals surface area (Å²) >= 11 is 6.08. The molecule has 0 aliphatic heterocycles. The number of aliphatic imine (C=N–C) groups is 1. The Bertz CT molecular complexity index is 910. The molecule has 0 saturated heterocycles. The predicted octanol–water partition coefficient (Wildman–Crippen LogP) is 3.04. The maximum Gasteiger partial charge on any atom is 0.253 e. The fourth-order valence-corrected chi connectivity index (χ4v) is 2.85. The van der Waals surface area contributed by atoms with Crippen LogP contribution in [0.2, 0.25) is 5.02 Å². The lowest BCUT2D eigenvalue weighted by Crippen LogP contribution is -2.38. The lowest BCUT2D eigenvalue weighted by Gasteiger charge is -2.13. The molecule has 30 heavy (non-hydrogen) atoms. The van der Waals surface area contributed by atoms with Gasteiger partial charge in [-0.15, -0.1) is 0 Å².